The first-order valence-electron chi connectivity index (χ1n) is 11.3. The molecule has 0 saturated carbocycles. The molecule has 1 heterocycles. The van der Waals surface area contributed by atoms with Gasteiger partial charge >= 0.3 is 0 Å². The van der Waals surface area contributed by atoms with Gasteiger partial charge in [-0.05, 0) is 53.1 Å². The van der Waals surface area contributed by atoms with E-state index in [0.29, 0.717) is 9.92 Å². The number of aryl methyl sites for hydroxylation is 1. The van der Waals surface area contributed by atoms with E-state index in [2.05, 4.69) is 36.4 Å². The fraction of sp³-hybridized carbons (Fsp3) is 0.100. The third-order valence-electron chi connectivity index (χ3n) is 6.18. The number of nitrogens with zero attached hydrogens (tertiary/aromatic N) is 1. The summed E-state index contributed by atoms with van der Waals surface area (Å²) in [4.78, 5) is 14.3. The van der Waals surface area contributed by atoms with Crippen molar-refractivity contribution in [1.29, 1.82) is 0 Å². The van der Waals surface area contributed by atoms with E-state index in [-0.39, 0.29) is 18.2 Å². The highest BCUT2D eigenvalue weighted by atomic mass is 32.2. The summed E-state index contributed by atoms with van der Waals surface area (Å²) in [6.45, 7) is 2.00. The Labute approximate surface area is 202 Å². The van der Waals surface area contributed by atoms with Gasteiger partial charge in [0.05, 0.1) is 0 Å². The van der Waals surface area contributed by atoms with Gasteiger partial charge in [0.2, 0.25) is 5.91 Å². The molecule has 5 rings (SSSR count). The molecule has 2 atom stereocenters. The zero-order chi connectivity index (χ0) is 23.5. The zero-order valence-electron chi connectivity index (χ0n) is 18.9. The second-order valence-electron chi connectivity index (χ2n) is 8.43. The molecule has 4 heteroatoms. The van der Waals surface area contributed by atoms with Gasteiger partial charge in [-0.2, -0.15) is 0 Å². The summed E-state index contributed by atoms with van der Waals surface area (Å²) in [5.74, 6) is -0.204. The first-order chi connectivity index (χ1) is 16.6. The molecule has 0 fully saturated rings. The molecule has 1 aromatic heterocycles. The Morgan fingerprint density at radius 2 is 1.50 bits per heavy atom. The van der Waals surface area contributed by atoms with E-state index in [4.69, 9.17) is 0 Å². The SMILES string of the molecule is Cc1ccc(S(=O)c2cccn2C(=O)C[C@@H](c2ccccc2)c2cccc3ccccc23)cc1. The molecule has 0 amide bonds. The average molecular weight is 464 g/mol. The van der Waals surface area contributed by atoms with Crippen LogP contribution < -0.4 is 0 Å². The molecular formula is C30H25NO2S. The summed E-state index contributed by atoms with van der Waals surface area (Å²) in [7, 11) is -1.44. The van der Waals surface area contributed by atoms with Crippen molar-refractivity contribution >= 4 is 27.5 Å². The van der Waals surface area contributed by atoms with Crippen molar-refractivity contribution in [3.8, 4) is 0 Å². The fourth-order valence-electron chi connectivity index (χ4n) is 4.42. The largest absolute Gasteiger partial charge is 0.279 e. The Hall–Kier alpha value is -3.76. The van der Waals surface area contributed by atoms with Crippen molar-refractivity contribution < 1.29 is 9.00 Å². The molecular weight excluding hydrogens is 438 g/mol. The molecule has 34 heavy (non-hydrogen) atoms. The molecule has 0 N–H and O–H groups in total. The van der Waals surface area contributed by atoms with Crippen molar-refractivity contribution in [1.82, 2.24) is 4.57 Å². The van der Waals surface area contributed by atoms with Crippen LogP contribution in [0.25, 0.3) is 10.8 Å². The number of fused-ring (bicyclic) bond motifs is 1. The van der Waals surface area contributed by atoms with E-state index in [1.54, 1.807) is 22.9 Å². The van der Waals surface area contributed by atoms with E-state index in [0.717, 1.165) is 27.5 Å². The molecule has 0 radical (unpaired) electrons. The van der Waals surface area contributed by atoms with Crippen molar-refractivity contribution in [3.05, 3.63) is 132 Å². The highest BCUT2D eigenvalue weighted by Gasteiger charge is 2.23. The summed E-state index contributed by atoms with van der Waals surface area (Å²) in [6.07, 6.45) is 1.99. The standard InChI is InChI=1S/C30H25NO2S/c1-22-16-18-25(19-17-22)34(33)30-15-8-20-31(30)29(32)21-28(24-9-3-2-4-10-24)27-14-7-12-23-11-5-6-13-26(23)27/h2-20,28H,21H2,1H3/t28-,34?/m0/s1. The van der Waals surface area contributed by atoms with Crippen molar-refractivity contribution in [2.75, 3.05) is 0 Å². The molecule has 0 saturated heterocycles. The van der Waals surface area contributed by atoms with Crippen LogP contribution in [0.3, 0.4) is 0 Å². The predicted molar refractivity (Wildman–Crippen MR) is 138 cm³/mol. The van der Waals surface area contributed by atoms with Crippen LogP contribution in [0.4, 0.5) is 0 Å². The van der Waals surface area contributed by atoms with Crippen LogP contribution in [0.2, 0.25) is 0 Å². The number of rotatable bonds is 6. The highest BCUT2D eigenvalue weighted by molar-refractivity contribution is 7.85. The molecule has 0 bridgehead atoms. The van der Waals surface area contributed by atoms with E-state index in [1.165, 1.54) is 0 Å². The minimum Gasteiger partial charge on any atom is -0.279 e. The summed E-state index contributed by atoms with van der Waals surface area (Å²) in [6, 6.07) is 35.8. The second kappa shape index (κ2) is 9.62. The quantitative estimate of drug-likeness (QED) is 0.272. The molecule has 0 spiro atoms. The molecule has 3 nitrogen and oxygen atoms in total. The van der Waals surface area contributed by atoms with Gasteiger partial charge in [-0.15, -0.1) is 0 Å². The van der Waals surface area contributed by atoms with Gasteiger partial charge in [0.15, 0.2) is 0 Å². The first kappa shape index (κ1) is 22.1. The van der Waals surface area contributed by atoms with Gasteiger partial charge in [0.25, 0.3) is 0 Å². The minimum atomic E-state index is -1.44. The van der Waals surface area contributed by atoms with Crippen LogP contribution >= 0.6 is 0 Å². The third-order valence-corrected chi connectivity index (χ3v) is 7.60. The van der Waals surface area contributed by atoms with Gasteiger partial charge in [-0.25, -0.2) is 4.21 Å². The Morgan fingerprint density at radius 1 is 0.794 bits per heavy atom. The monoisotopic (exact) mass is 463 g/mol. The maximum Gasteiger partial charge on any atom is 0.232 e. The topological polar surface area (TPSA) is 39.1 Å². The third kappa shape index (κ3) is 4.37. The van der Waals surface area contributed by atoms with Crippen LogP contribution in [0.1, 0.15) is 33.8 Å². The normalized spacial score (nSPS) is 13.0. The van der Waals surface area contributed by atoms with Gasteiger partial charge in [-0.1, -0.05) is 90.5 Å². The lowest BCUT2D eigenvalue weighted by Crippen LogP contribution is -2.18. The first-order valence-corrected chi connectivity index (χ1v) is 12.5. The molecule has 0 aliphatic carbocycles. The van der Waals surface area contributed by atoms with Crippen LogP contribution in [0, 0.1) is 6.92 Å². The van der Waals surface area contributed by atoms with Crippen molar-refractivity contribution in [3.63, 3.8) is 0 Å². The fourth-order valence-corrected chi connectivity index (χ4v) is 5.59. The van der Waals surface area contributed by atoms with Gasteiger partial charge in [0, 0.05) is 23.4 Å². The molecule has 168 valence electrons. The van der Waals surface area contributed by atoms with Gasteiger partial charge < -0.3 is 0 Å². The van der Waals surface area contributed by atoms with Crippen LogP contribution in [0.15, 0.2) is 125 Å². The maximum absolute atomic E-state index is 13.6. The molecule has 0 aliphatic heterocycles. The summed E-state index contributed by atoms with van der Waals surface area (Å²) < 4.78 is 14.8. The van der Waals surface area contributed by atoms with Crippen LogP contribution in [-0.2, 0) is 10.8 Å². The zero-order valence-corrected chi connectivity index (χ0v) is 19.7. The molecule has 0 aliphatic rings. The summed E-state index contributed by atoms with van der Waals surface area (Å²) >= 11 is 0. The lowest BCUT2D eigenvalue weighted by atomic mass is 9.85. The maximum atomic E-state index is 13.6. The van der Waals surface area contributed by atoms with E-state index < -0.39 is 10.8 Å². The number of carbonyl (C=O) groups excluding carboxylic acids is 1. The van der Waals surface area contributed by atoms with Gasteiger partial charge in [0.1, 0.15) is 15.8 Å². The Bertz CT molecular complexity index is 1460. The minimum absolute atomic E-state index is 0.0813. The lowest BCUT2D eigenvalue weighted by Gasteiger charge is -2.20. The number of aromatic nitrogens is 1. The Morgan fingerprint density at radius 3 is 2.29 bits per heavy atom. The van der Waals surface area contributed by atoms with Crippen molar-refractivity contribution in [2.45, 2.75) is 29.2 Å². The van der Waals surface area contributed by atoms with Crippen molar-refractivity contribution in [2.24, 2.45) is 0 Å². The van der Waals surface area contributed by atoms with E-state index in [9.17, 15) is 9.00 Å². The van der Waals surface area contributed by atoms with Gasteiger partial charge in [-0.3, -0.25) is 9.36 Å². The number of hydrogen-bond acceptors (Lipinski definition) is 2. The smallest absolute Gasteiger partial charge is 0.232 e. The number of carbonyl (C=O) groups is 1. The Balaban J connectivity index is 1.52. The van der Waals surface area contributed by atoms with E-state index in [1.807, 2.05) is 67.6 Å². The number of benzene rings is 4. The predicted octanol–water partition coefficient (Wildman–Crippen LogP) is 6.98. The second-order valence-corrected chi connectivity index (χ2v) is 9.85. The summed E-state index contributed by atoms with van der Waals surface area (Å²) in [5.41, 5.74) is 3.31. The van der Waals surface area contributed by atoms with E-state index >= 15 is 0 Å². The van der Waals surface area contributed by atoms with Crippen LogP contribution in [-0.4, -0.2) is 14.7 Å². The Kier molecular flexibility index (Phi) is 6.24. The average Bonchev–Trinajstić information content (AvgIpc) is 3.38. The molecule has 4 aromatic carbocycles. The highest BCUT2D eigenvalue weighted by Crippen LogP contribution is 2.34. The molecule has 5 aromatic rings. The summed E-state index contributed by atoms with van der Waals surface area (Å²) in [5, 5.41) is 2.79. The number of hydrogen-bond donors (Lipinski definition) is 0. The molecule has 1 unspecified atom stereocenters. The lowest BCUT2D eigenvalue weighted by molar-refractivity contribution is 0.0888. The van der Waals surface area contributed by atoms with Crippen LogP contribution in [0.5, 0.6) is 0 Å².